The molecule has 1 unspecified atom stereocenters. The number of halogens is 8. The maximum Gasteiger partial charge on any atom is 0.516 e. The van der Waals surface area contributed by atoms with Crippen LogP contribution in [0.25, 0.3) is 0 Å². The minimum absolute atomic E-state index is 0.163. The molecule has 0 radical (unpaired) electrons. The summed E-state index contributed by atoms with van der Waals surface area (Å²) in [5.74, 6) is -11.5. The number of benzene rings is 1. The topological polar surface area (TPSA) is 116 Å². The van der Waals surface area contributed by atoms with E-state index in [9.17, 15) is 57.9 Å². The quantitative estimate of drug-likeness (QED) is 0.411. The maximum atomic E-state index is 13.3. The average molecular weight is 554 g/mol. The molecule has 1 aliphatic heterocycles. The highest BCUT2D eigenvalue weighted by Gasteiger charge is 2.57. The van der Waals surface area contributed by atoms with Crippen LogP contribution in [0.1, 0.15) is 6.92 Å². The van der Waals surface area contributed by atoms with Crippen molar-refractivity contribution in [2.45, 2.75) is 30.6 Å². The van der Waals surface area contributed by atoms with Crippen LogP contribution in [-0.4, -0.2) is 69.9 Å². The van der Waals surface area contributed by atoms with E-state index in [1.54, 1.807) is 0 Å². The molecule has 2 rings (SSSR count). The Labute approximate surface area is 198 Å². The number of fused-ring (bicyclic) bond motifs is 1. The van der Waals surface area contributed by atoms with Crippen LogP contribution >= 0.6 is 0 Å². The molecule has 0 saturated carbocycles. The predicted molar refractivity (Wildman–Crippen MR) is 107 cm³/mol. The molecule has 2 N–H and O–H groups in total. The third kappa shape index (κ3) is 5.62. The molecule has 9 nitrogen and oxygen atoms in total. The van der Waals surface area contributed by atoms with Gasteiger partial charge in [-0.05, 0) is 19.1 Å². The lowest BCUT2D eigenvalue weighted by molar-refractivity contribution is -0.278. The van der Waals surface area contributed by atoms with Crippen LogP contribution in [0.15, 0.2) is 24.3 Å². The molecule has 18 heteroatoms. The van der Waals surface area contributed by atoms with Crippen molar-refractivity contribution in [3.63, 3.8) is 0 Å². The number of rotatable bonds is 6. The van der Waals surface area contributed by atoms with Gasteiger partial charge in [0.25, 0.3) is 5.91 Å². The fraction of sp³-hybridized carbons (Fsp3) is 0.500. The fourth-order valence-electron chi connectivity index (χ4n) is 2.98. The molecule has 0 spiro atoms. The van der Waals surface area contributed by atoms with Crippen LogP contribution in [0.3, 0.4) is 0 Å². The monoisotopic (exact) mass is 554 g/mol. The number of para-hydroxylation sites is 2. The maximum absolute atomic E-state index is 13.3. The van der Waals surface area contributed by atoms with Gasteiger partial charge in [-0.2, -0.15) is 43.5 Å². The van der Waals surface area contributed by atoms with Gasteiger partial charge in [0.15, 0.2) is 0 Å². The molecule has 3 amide bonds. The largest absolute Gasteiger partial charge is 0.516 e. The van der Waals surface area contributed by atoms with Gasteiger partial charge in [0.05, 0.1) is 24.5 Å². The number of hydrogen-bond donors (Lipinski definition) is 2. The van der Waals surface area contributed by atoms with E-state index in [0.717, 1.165) is 31.0 Å². The van der Waals surface area contributed by atoms with Crippen LogP contribution in [0.2, 0.25) is 0 Å². The first kappa shape index (κ1) is 29.1. The lowest BCUT2D eigenvalue weighted by Gasteiger charge is -2.27. The zero-order chi connectivity index (χ0) is 27.9. The summed E-state index contributed by atoms with van der Waals surface area (Å²) in [4.78, 5) is 37.9. The van der Waals surface area contributed by atoms with Crippen LogP contribution < -0.4 is 19.8 Å². The smallest absolute Gasteiger partial charge is 0.349 e. The van der Waals surface area contributed by atoms with Crippen molar-refractivity contribution in [3.05, 3.63) is 24.3 Å². The number of anilines is 2. The predicted octanol–water partition coefficient (Wildman–Crippen LogP) is 1.75. The first-order valence-electron chi connectivity index (χ1n) is 9.70. The number of likely N-dealkylation sites (N-methyl/N-ethyl adjacent to an activating group) is 1. The number of sulfonamides is 1. The Bertz CT molecular complexity index is 1140. The Morgan fingerprint density at radius 1 is 1.03 bits per heavy atom. The molecule has 1 aromatic carbocycles. The van der Waals surface area contributed by atoms with E-state index in [1.807, 2.05) is 5.32 Å². The van der Waals surface area contributed by atoms with Crippen molar-refractivity contribution < 1.29 is 57.9 Å². The molecule has 1 aliphatic rings. The molecule has 202 valence electrons. The molecule has 0 saturated heterocycles. The van der Waals surface area contributed by atoms with Crippen LogP contribution in [0.5, 0.6) is 0 Å². The number of nitrogens with zero attached hydrogens (tertiary/aromatic N) is 2. The third-order valence-electron chi connectivity index (χ3n) is 5.07. The van der Waals surface area contributed by atoms with Crippen molar-refractivity contribution in [1.82, 2.24) is 10.6 Å². The molecule has 1 heterocycles. The van der Waals surface area contributed by atoms with E-state index in [1.165, 1.54) is 17.4 Å². The Balaban J connectivity index is 2.30. The van der Waals surface area contributed by atoms with Crippen LogP contribution in [-0.2, 0) is 24.4 Å². The zero-order valence-electron chi connectivity index (χ0n) is 18.2. The molecule has 0 aromatic heterocycles. The molecule has 0 aliphatic carbocycles. The van der Waals surface area contributed by atoms with Gasteiger partial charge in [-0.3, -0.25) is 18.7 Å². The summed E-state index contributed by atoms with van der Waals surface area (Å²) in [6.07, 6.45) is -5.99. The van der Waals surface area contributed by atoms with Gasteiger partial charge < -0.3 is 15.5 Å². The van der Waals surface area contributed by atoms with Crippen molar-refractivity contribution >= 4 is 39.1 Å². The van der Waals surface area contributed by atoms with Crippen molar-refractivity contribution in [2.75, 3.05) is 29.3 Å². The number of hydrogen-bond acceptors (Lipinski definition) is 5. The summed E-state index contributed by atoms with van der Waals surface area (Å²) in [5.41, 5.74) is -6.63. The SMILES string of the molecule is CC(C(=O)NCC(F)(F)C(F)(F)F)C(=O)N[C@H]1CN(S(=O)(=O)C(F)(F)F)c2ccccc2N(C)C1=O. The first-order valence-corrected chi connectivity index (χ1v) is 11.1. The summed E-state index contributed by atoms with van der Waals surface area (Å²) in [7, 11) is -5.02. The molecular formula is C18H18F8N4O5S. The van der Waals surface area contributed by atoms with E-state index < -0.39 is 76.1 Å². The Hall–Kier alpha value is -3.18. The summed E-state index contributed by atoms with van der Waals surface area (Å²) in [6, 6.07) is 2.59. The summed E-state index contributed by atoms with van der Waals surface area (Å²) in [5, 5.41) is 3.09. The average Bonchev–Trinajstić information content (AvgIpc) is 2.86. The number of carbonyl (C=O) groups excluding carboxylic acids is 3. The molecule has 2 atom stereocenters. The second-order valence-corrected chi connectivity index (χ2v) is 9.42. The molecule has 36 heavy (non-hydrogen) atoms. The van der Waals surface area contributed by atoms with Crippen molar-refractivity contribution in [3.8, 4) is 0 Å². The highest BCUT2D eigenvalue weighted by Crippen LogP contribution is 2.38. The van der Waals surface area contributed by atoms with Crippen molar-refractivity contribution in [1.29, 1.82) is 0 Å². The summed E-state index contributed by atoms with van der Waals surface area (Å²) < 4.78 is 127. The van der Waals surface area contributed by atoms with E-state index in [0.29, 0.717) is 0 Å². The van der Waals surface area contributed by atoms with Gasteiger partial charge in [0.2, 0.25) is 11.8 Å². The van der Waals surface area contributed by atoms with Crippen LogP contribution in [0, 0.1) is 5.92 Å². The standard InChI is InChI=1S/C18H18F8N4O5S/c1-9(13(31)27-8-16(19,20)17(21,22)23)14(32)28-10-7-30(36(34,35)18(24,25)26)12-6-4-3-5-11(12)29(2)15(10)33/h3-6,9-10H,7-8H2,1-2H3,(H,27,31)(H,28,32)/t9?,10-/m0/s1. The first-order chi connectivity index (χ1) is 16.2. The Kier molecular flexibility index (Phi) is 7.83. The minimum Gasteiger partial charge on any atom is -0.349 e. The zero-order valence-corrected chi connectivity index (χ0v) is 19.1. The van der Waals surface area contributed by atoms with Gasteiger partial charge in [-0.1, -0.05) is 12.1 Å². The second-order valence-electron chi connectivity index (χ2n) is 7.57. The van der Waals surface area contributed by atoms with Gasteiger partial charge >= 0.3 is 27.6 Å². The number of carbonyl (C=O) groups is 3. The van der Waals surface area contributed by atoms with Gasteiger partial charge in [-0.25, -0.2) is 0 Å². The Morgan fingerprint density at radius 3 is 2.06 bits per heavy atom. The normalized spacial score (nSPS) is 18.3. The van der Waals surface area contributed by atoms with Crippen LogP contribution in [0.4, 0.5) is 46.5 Å². The van der Waals surface area contributed by atoms with E-state index >= 15 is 0 Å². The minimum atomic E-state index is -6.09. The summed E-state index contributed by atoms with van der Waals surface area (Å²) >= 11 is 0. The molecule has 0 fully saturated rings. The highest BCUT2D eigenvalue weighted by atomic mass is 32.2. The van der Waals surface area contributed by atoms with Gasteiger partial charge in [-0.15, -0.1) is 0 Å². The van der Waals surface area contributed by atoms with Gasteiger partial charge in [0, 0.05) is 7.05 Å². The molecule has 0 bridgehead atoms. The van der Waals surface area contributed by atoms with E-state index in [-0.39, 0.29) is 9.99 Å². The Morgan fingerprint density at radius 2 is 1.56 bits per heavy atom. The lowest BCUT2D eigenvalue weighted by atomic mass is 10.1. The molecular weight excluding hydrogens is 536 g/mol. The highest BCUT2D eigenvalue weighted by molar-refractivity contribution is 7.93. The number of alkyl halides is 8. The fourth-order valence-corrected chi connectivity index (χ4v) is 3.99. The third-order valence-corrected chi connectivity index (χ3v) is 6.58. The summed E-state index contributed by atoms with van der Waals surface area (Å²) in [6.45, 7) is -2.71. The number of nitrogens with one attached hydrogen (secondary N) is 2. The van der Waals surface area contributed by atoms with Crippen molar-refractivity contribution in [2.24, 2.45) is 5.92 Å². The lowest BCUT2D eigenvalue weighted by Crippen LogP contribution is -2.56. The van der Waals surface area contributed by atoms with E-state index in [4.69, 9.17) is 0 Å². The number of amides is 3. The van der Waals surface area contributed by atoms with Gasteiger partial charge in [0.1, 0.15) is 12.0 Å². The second kappa shape index (κ2) is 9.70. The van der Waals surface area contributed by atoms with E-state index in [2.05, 4.69) is 0 Å². The molecule has 1 aromatic rings.